The molecule has 4 aliphatic rings. The molecule has 0 spiro atoms. The summed E-state index contributed by atoms with van der Waals surface area (Å²) in [6, 6.07) is -1.14. The molecule has 4 rings (SSSR count). The van der Waals surface area contributed by atoms with Gasteiger partial charge in [0.15, 0.2) is 0 Å². The van der Waals surface area contributed by atoms with Crippen LogP contribution in [-0.2, 0) is 42.9 Å². The molecule has 1 saturated carbocycles. The van der Waals surface area contributed by atoms with Crippen molar-refractivity contribution in [1.29, 1.82) is 0 Å². The van der Waals surface area contributed by atoms with E-state index in [1.165, 1.54) is 19.1 Å². The Kier molecular flexibility index (Phi) is 18.9. The number of methoxy groups -OCH3 is 3. The minimum Gasteiger partial charge on any atom is -0.456 e. The van der Waals surface area contributed by atoms with Crippen molar-refractivity contribution >= 4 is 23.4 Å². The Morgan fingerprint density at radius 3 is 2.22 bits per heavy atom. The summed E-state index contributed by atoms with van der Waals surface area (Å²) in [7, 11) is 4.61. The summed E-state index contributed by atoms with van der Waals surface area (Å²) in [5, 5.41) is 34.1. The first-order valence-electron chi connectivity index (χ1n) is 20.9. The number of ether oxygens (including phenoxy) is 5. The molecule has 2 bridgehead atoms. The number of aliphatic hydroxyl groups is 3. The number of hydrogen-bond donors (Lipinski definition) is 3. The van der Waals surface area contributed by atoms with E-state index in [1.54, 1.807) is 27.0 Å². The lowest BCUT2D eigenvalue weighted by molar-refractivity contribution is -0.302. The van der Waals surface area contributed by atoms with Gasteiger partial charge in [-0.15, -0.1) is 6.58 Å². The SMILES string of the molecule is C=CC[C@@H]1/C=C(\C)C[C@H](C)C[C@H](OC)[C@H]2O[C@@](O)(C(=O)C(=O)N3CCCCC3C(=O)O[C@H](/C(C)=C/[C@@H]3CC[C@@H](O)[C@H](OC)C3)[C@H](C)C(O)CC1=O)[C@H](C)C[C@@H]2OC.O. The van der Waals surface area contributed by atoms with Crippen molar-refractivity contribution in [2.45, 2.75) is 160 Å². The highest BCUT2D eigenvalue weighted by Gasteiger charge is 2.56. The zero-order valence-electron chi connectivity index (χ0n) is 35.9. The molecule has 1 aliphatic carbocycles. The molecule has 1 amide bonds. The molecule has 14 heteroatoms. The van der Waals surface area contributed by atoms with E-state index in [0.717, 1.165) is 5.57 Å². The maximum Gasteiger partial charge on any atom is 0.329 e. The number of rotatable bonds is 7. The van der Waals surface area contributed by atoms with E-state index in [0.29, 0.717) is 56.9 Å². The number of hydrogen-bond acceptors (Lipinski definition) is 12. The van der Waals surface area contributed by atoms with Crippen LogP contribution in [0.5, 0.6) is 0 Å². The number of carbonyl (C=O) groups excluding carboxylic acids is 4. The van der Waals surface area contributed by atoms with Gasteiger partial charge in [-0.25, -0.2) is 4.79 Å². The normalized spacial score (nSPS) is 40.3. The van der Waals surface area contributed by atoms with Gasteiger partial charge < -0.3 is 49.4 Å². The number of carbonyl (C=O) groups is 4. The van der Waals surface area contributed by atoms with Gasteiger partial charge in [0, 0.05) is 52.0 Å². The van der Waals surface area contributed by atoms with Crippen LogP contribution in [0.15, 0.2) is 36.0 Å². The lowest BCUT2D eigenvalue weighted by atomic mass is 9.81. The highest BCUT2D eigenvalue weighted by atomic mass is 16.7. The molecule has 0 radical (unpaired) electrons. The van der Waals surface area contributed by atoms with Crippen LogP contribution >= 0.6 is 0 Å². The molecular formula is C44H71NO13. The number of esters is 1. The fraction of sp³-hybridized carbons (Fsp3) is 0.773. The fourth-order valence-corrected chi connectivity index (χ4v) is 9.42. The Labute approximate surface area is 344 Å². The van der Waals surface area contributed by atoms with Crippen LogP contribution in [0.4, 0.5) is 0 Å². The Morgan fingerprint density at radius 2 is 1.59 bits per heavy atom. The number of fused-ring (bicyclic) bond motifs is 3. The lowest BCUT2D eigenvalue weighted by Crippen LogP contribution is -2.64. The molecule has 0 aromatic rings. The smallest absolute Gasteiger partial charge is 0.329 e. The van der Waals surface area contributed by atoms with Crippen molar-refractivity contribution in [1.82, 2.24) is 4.90 Å². The second-order valence-corrected chi connectivity index (χ2v) is 17.3. The maximum absolute atomic E-state index is 14.3. The van der Waals surface area contributed by atoms with Gasteiger partial charge in [-0.2, -0.15) is 0 Å². The molecule has 3 heterocycles. The van der Waals surface area contributed by atoms with Crippen LogP contribution in [-0.4, -0.2) is 132 Å². The van der Waals surface area contributed by atoms with E-state index >= 15 is 0 Å². The summed E-state index contributed by atoms with van der Waals surface area (Å²) < 4.78 is 29.7. The van der Waals surface area contributed by atoms with Crippen molar-refractivity contribution < 1.29 is 63.7 Å². The molecule has 5 N–H and O–H groups in total. The first kappa shape index (κ1) is 49.5. The largest absolute Gasteiger partial charge is 0.456 e. The molecule has 0 aromatic heterocycles. The first-order chi connectivity index (χ1) is 27.0. The number of amides is 1. The molecule has 3 fully saturated rings. The van der Waals surface area contributed by atoms with Crippen molar-refractivity contribution in [3.8, 4) is 0 Å². The lowest BCUT2D eigenvalue weighted by Gasteiger charge is -2.47. The number of ketones is 2. The van der Waals surface area contributed by atoms with Crippen LogP contribution < -0.4 is 0 Å². The van der Waals surface area contributed by atoms with E-state index in [2.05, 4.69) is 6.58 Å². The summed E-state index contributed by atoms with van der Waals surface area (Å²) in [5.74, 6) is -7.76. The van der Waals surface area contributed by atoms with Gasteiger partial charge in [-0.05, 0) is 95.5 Å². The van der Waals surface area contributed by atoms with E-state index in [1.807, 2.05) is 32.9 Å². The van der Waals surface area contributed by atoms with E-state index in [9.17, 15) is 34.5 Å². The summed E-state index contributed by atoms with van der Waals surface area (Å²) in [6.45, 7) is 13.1. The van der Waals surface area contributed by atoms with Crippen molar-refractivity contribution in [3.05, 3.63) is 36.0 Å². The van der Waals surface area contributed by atoms with Crippen LogP contribution in [0, 0.1) is 29.6 Å². The van der Waals surface area contributed by atoms with Gasteiger partial charge in [0.1, 0.15) is 24.0 Å². The minimum absolute atomic E-state index is 0. The van der Waals surface area contributed by atoms with Crippen LogP contribution in [0.3, 0.4) is 0 Å². The van der Waals surface area contributed by atoms with Gasteiger partial charge >= 0.3 is 5.97 Å². The summed E-state index contributed by atoms with van der Waals surface area (Å²) in [6.07, 6.45) is 4.93. The molecule has 14 atom stereocenters. The monoisotopic (exact) mass is 821 g/mol. The topological polar surface area (TPSA) is 210 Å². The summed E-state index contributed by atoms with van der Waals surface area (Å²) in [4.78, 5) is 57.8. The zero-order chi connectivity index (χ0) is 42.2. The zero-order valence-corrected chi connectivity index (χ0v) is 35.9. The second-order valence-electron chi connectivity index (χ2n) is 17.3. The molecule has 3 aliphatic heterocycles. The van der Waals surface area contributed by atoms with Crippen molar-refractivity contribution in [2.75, 3.05) is 27.9 Å². The van der Waals surface area contributed by atoms with Crippen molar-refractivity contribution in [2.24, 2.45) is 29.6 Å². The quantitative estimate of drug-likeness (QED) is 0.190. The Balaban J connectivity index is 0.00000900. The number of allylic oxidation sites excluding steroid dienone is 4. The van der Waals surface area contributed by atoms with Gasteiger partial charge in [-0.3, -0.25) is 14.4 Å². The molecule has 0 aromatic carbocycles. The first-order valence-corrected chi connectivity index (χ1v) is 20.9. The molecule has 14 nitrogen and oxygen atoms in total. The third kappa shape index (κ3) is 11.7. The van der Waals surface area contributed by atoms with Crippen LogP contribution in [0.1, 0.15) is 105 Å². The van der Waals surface area contributed by atoms with Crippen LogP contribution in [0.25, 0.3) is 0 Å². The third-order valence-electron chi connectivity index (χ3n) is 12.9. The predicted molar refractivity (Wildman–Crippen MR) is 216 cm³/mol. The predicted octanol–water partition coefficient (Wildman–Crippen LogP) is 3.81. The number of cyclic esters (lactones) is 1. The summed E-state index contributed by atoms with van der Waals surface area (Å²) >= 11 is 0. The van der Waals surface area contributed by atoms with E-state index in [4.69, 9.17) is 23.7 Å². The number of nitrogens with zero attached hydrogens (tertiary/aromatic N) is 1. The fourth-order valence-electron chi connectivity index (χ4n) is 9.42. The average molecular weight is 822 g/mol. The second kappa shape index (κ2) is 22.1. The Hall–Kier alpha value is -2.82. The molecule has 2 unspecified atom stereocenters. The van der Waals surface area contributed by atoms with Crippen LogP contribution in [0.2, 0.25) is 0 Å². The Bertz CT molecular complexity index is 1480. The highest BCUT2D eigenvalue weighted by molar-refractivity contribution is 6.39. The number of piperidine rings is 1. The van der Waals surface area contributed by atoms with Gasteiger partial charge in [0.05, 0.1) is 30.5 Å². The van der Waals surface area contributed by atoms with Gasteiger partial charge in [0.2, 0.25) is 5.79 Å². The molecular weight excluding hydrogens is 750 g/mol. The average Bonchev–Trinajstić information content (AvgIpc) is 3.18. The summed E-state index contributed by atoms with van der Waals surface area (Å²) in [5.41, 5.74) is 1.61. The molecule has 330 valence electrons. The standard InChI is InChI=1S/C44H69NO12.H2O/c1-10-13-31-19-25(2)18-26(3)20-37(54-8)40-38(55-9)22-28(5)44(52,57-40)41(49)42(50)45-17-12-11-14-32(45)43(51)56-39(29(6)34(47)24-35(31)48)27(4)21-30-15-16-33(46)36(23-30)53-7;/h10,19,21,26,28-34,36-40,46-47,52H,1,11-18,20,22-24H2,2-9H3;1H2/b25-19+,27-21+;/t26-,28+,29+,30-,31+,32?,33+,34?,36+,37-,38-,39+,40+,44+;/m0./s1. The minimum atomic E-state index is -2.51. The van der Waals surface area contributed by atoms with E-state index < -0.39 is 83.9 Å². The molecule has 2 saturated heterocycles. The number of Topliss-reactive ketones (excluding diaryl/α,β-unsaturated/α-hetero) is 2. The highest BCUT2D eigenvalue weighted by Crippen LogP contribution is 2.39. The maximum atomic E-state index is 14.3. The van der Waals surface area contributed by atoms with Crippen molar-refractivity contribution in [3.63, 3.8) is 0 Å². The van der Waals surface area contributed by atoms with Gasteiger partial charge in [0.25, 0.3) is 11.7 Å². The third-order valence-corrected chi connectivity index (χ3v) is 12.9. The molecule has 58 heavy (non-hydrogen) atoms. The number of aliphatic hydroxyl groups excluding tert-OH is 2. The Morgan fingerprint density at radius 1 is 0.931 bits per heavy atom. The van der Waals surface area contributed by atoms with E-state index in [-0.39, 0.29) is 55.0 Å². The van der Waals surface area contributed by atoms with Gasteiger partial charge in [-0.1, -0.05) is 44.6 Å².